The van der Waals surface area contributed by atoms with Crippen molar-refractivity contribution in [3.8, 4) is 0 Å². The fraction of sp³-hybridized carbons (Fsp3) is 0.594. The molecular formula is C32H42N2O6. The summed E-state index contributed by atoms with van der Waals surface area (Å²) in [6, 6.07) is 7.59. The van der Waals surface area contributed by atoms with E-state index >= 15 is 0 Å². The van der Waals surface area contributed by atoms with Crippen LogP contribution < -0.4 is 0 Å². The average molecular weight is 551 g/mol. The summed E-state index contributed by atoms with van der Waals surface area (Å²) in [6.07, 6.45) is 9.96. The van der Waals surface area contributed by atoms with E-state index < -0.39 is 41.1 Å². The molecule has 1 saturated carbocycles. The average Bonchev–Trinajstić information content (AvgIpc) is 3.54. The largest absolute Gasteiger partial charge is 0.465 e. The number of rotatable bonds is 11. The number of hydrogen-bond acceptors (Lipinski definition) is 6. The second kappa shape index (κ2) is 11.5. The van der Waals surface area contributed by atoms with Crippen LogP contribution in [0.5, 0.6) is 0 Å². The Balaban J connectivity index is 1.60. The molecule has 1 spiro atoms. The summed E-state index contributed by atoms with van der Waals surface area (Å²) in [4.78, 5) is 46.2. The van der Waals surface area contributed by atoms with Gasteiger partial charge >= 0.3 is 5.97 Å². The van der Waals surface area contributed by atoms with Crippen molar-refractivity contribution in [1.29, 1.82) is 0 Å². The Morgan fingerprint density at radius 1 is 1.18 bits per heavy atom. The Kier molecular flexibility index (Phi) is 8.20. The molecule has 3 saturated heterocycles. The number of benzene rings is 1. The van der Waals surface area contributed by atoms with Gasteiger partial charge in [0.15, 0.2) is 0 Å². The van der Waals surface area contributed by atoms with Gasteiger partial charge in [-0.25, -0.2) is 0 Å². The van der Waals surface area contributed by atoms with Crippen LogP contribution in [0.25, 0.3) is 0 Å². The second-order valence-corrected chi connectivity index (χ2v) is 11.9. The smallest absolute Gasteiger partial charge is 0.312 e. The highest BCUT2D eigenvalue weighted by Gasteiger charge is 2.79. The van der Waals surface area contributed by atoms with E-state index in [1.165, 1.54) is 4.90 Å². The molecule has 8 heteroatoms. The lowest BCUT2D eigenvalue weighted by Crippen LogP contribution is -2.59. The van der Waals surface area contributed by atoms with Gasteiger partial charge in [-0.05, 0) is 44.6 Å². The Hall–Kier alpha value is -2.97. The number of carbonyl (C=O) groups excluding carboxylic acids is 3. The molecule has 4 fully saturated rings. The van der Waals surface area contributed by atoms with E-state index in [0.717, 1.165) is 37.7 Å². The van der Waals surface area contributed by atoms with Crippen LogP contribution in [0.15, 0.2) is 55.6 Å². The Bertz CT molecular complexity index is 1130. The van der Waals surface area contributed by atoms with Crippen LogP contribution in [0.3, 0.4) is 0 Å². The summed E-state index contributed by atoms with van der Waals surface area (Å²) in [7, 11) is 0. The third-order valence-electron chi connectivity index (χ3n) is 9.59. The van der Waals surface area contributed by atoms with Crippen molar-refractivity contribution < 1.29 is 29.0 Å². The highest BCUT2D eigenvalue weighted by Crippen LogP contribution is 2.64. The molecule has 1 N–H and O–H groups in total. The number of amides is 2. The summed E-state index contributed by atoms with van der Waals surface area (Å²) in [5, 5.41) is 10.7. The number of aliphatic hydroxyl groups is 1. The normalized spacial score (nSPS) is 32.0. The van der Waals surface area contributed by atoms with Crippen molar-refractivity contribution in [1.82, 2.24) is 9.80 Å². The highest BCUT2D eigenvalue weighted by atomic mass is 16.6. The molecule has 2 unspecified atom stereocenters. The van der Waals surface area contributed by atoms with Gasteiger partial charge in [0.25, 0.3) is 0 Å². The van der Waals surface area contributed by atoms with E-state index in [1.807, 2.05) is 42.2 Å². The molecule has 40 heavy (non-hydrogen) atoms. The van der Waals surface area contributed by atoms with Crippen LogP contribution >= 0.6 is 0 Å². The van der Waals surface area contributed by atoms with Crippen LogP contribution in [-0.2, 0) is 23.9 Å². The highest BCUT2D eigenvalue weighted by molar-refractivity contribution is 5.99. The molecular weight excluding hydrogens is 508 g/mol. The van der Waals surface area contributed by atoms with E-state index in [4.69, 9.17) is 9.47 Å². The third kappa shape index (κ3) is 4.59. The fourth-order valence-corrected chi connectivity index (χ4v) is 7.81. The van der Waals surface area contributed by atoms with Gasteiger partial charge in [0.05, 0.1) is 30.8 Å². The van der Waals surface area contributed by atoms with Crippen molar-refractivity contribution in [2.45, 2.75) is 87.6 Å². The molecule has 5 rings (SSSR count). The van der Waals surface area contributed by atoms with E-state index in [0.29, 0.717) is 25.8 Å². The number of esters is 1. The molecule has 216 valence electrons. The minimum Gasteiger partial charge on any atom is -0.465 e. The number of aliphatic hydroxyl groups excluding tert-OH is 1. The lowest BCUT2D eigenvalue weighted by Gasteiger charge is -2.42. The summed E-state index contributed by atoms with van der Waals surface area (Å²) in [6.45, 7) is 9.64. The third-order valence-corrected chi connectivity index (χ3v) is 9.59. The number of likely N-dealkylation sites (tertiary alicyclic amines) is 1. The van der Waals surface area contributed by atoms with Crippen molar-refractivity contribution in [2.24, 2.45) is 11.8 Å². The first kappa shape index (κ1) is 28.6. The summed E-state index contributed by atoms with van der Waals surface area (Å²) in [5.41, 5.74) is -1.36. The minimum atomic E-state index is -1.18. The van der Waals surface area contributed by atoms with Crippen LogP contribution in [0.4, 0.5) is 0 Å². The van der Waals surface area contributed by atoms with Gasteiger partial charge in [-0.3, -0.25) is 14.4 Å². The molecule has 2 amide bonds. The van der Waals surface area contributed by atoms with Gasteiger partial charge in [-0.15, -0.1) is 13.2 Å². The van der Waals surface area contributed by atoms with Crippen molar-refractivity contribution in [3.05, 3.63) is 61.2 Å². The maximum Gasteiger partial charge on any atom is 0.312 e. The topological polar surface area (TPSA) is 96.4 Å². The summed E-state index contributed by atoms with van der Waals surface area (Å²) >= 11 is 0. The minimum absolute atomic E-state index is 0.0461. The molecule has 0 aromatic heterocycles. The molecule has 2 bridgehead atoms. The number of fused-ring (bicyclic) bond motifs is 1. The summed E-state index contributed by atoms with van der Waals surface area (Å²) in [5.74, 6) is -2.71. The van der Waals surface area contributed by atoms with Crippen LogP contribution in [0, 0.1) is 11.8 Å². The van der Waals surface area contributed by atoms with Crippen LogP contribution in [0.2, 0.25) is 0 Å². The number of ether oxygens (including phenoxy) is 2. The Labute approximate surface area is 237 Å². The van der Waals surface area contributed by atoms with Crippen LogP contribution in [-0.4, -0.2) is 75.7 Å². The van der Waals surface area contributed by atoms with E-state index in [9.17, 15) is 19.5 Å². The molecule has 1 aromatic carbocycles. The van der Waals surface area contributed by atoms with Gasteiger partial charge in [0, 0.05) is 12.6 Å². The monoisotopic (exact) mass is 550 g/mol. The lowest BCUT2D eigenvalue weighted by atomic mass is 9.66. The Morgan fingerprint density at radius 3 is 2.55 bits per heavy atom. The van der Waals surface area contributed by atoms with Gasteiger partial charge in [-0.2, -0.15) is 0 Å². The van der Waals surface area contributed by atoms with Crippen molar-refractivity contribution in [2.75, 3.05) is 19.8 Å². The predicted molar refractivity (Wildman–Crippen MR) is 150 cm³/mol. The molecule has 8 nitrogen and oxygen atoms in total. The maximum absolute atomic E-state index is 14.8. The second-order valence-electron chi connectivity index (χ2n) is 11.9. The molecule has 1 aliphatic carbocycles. The zero-order valence-electron chi connectivity index (χ0n) is 23.5. The first-order valence-electron chi connectivity index (χ1n) is 14.7. The molecule has 3 heterocycles. The zero-order valence-corrected chi connectivity index (χ0v) is 23.5. The molecule has 4 aliphatic rings. The zero-order chi connectivity index (χ0) is 28.5. The molecule has 1 aromatic rings. The standard InChI is InChI=1S/C32H42N2O6/c1-4-6-20-39-30(38)26-25-28(36)34(24(21-35)22-13-9-7-10-14-22)27(32(25)18-17-31(26,3)40-32)29(37)33(19-5-2)23-15-11-8-12-16-23/h4-5,7,9-10,13-14,23-27,35H,1-2,6,8,11-12,15-21H2,3H3/t24-,25+,26+,27?,31-,32?/m1/s1. The first-order valence-corrected chi connectivity index (χ1v) is 14.7. The number of hydrogen-bond donors (Lipinski definition) is 1. The maximum atomic E-state index is 14.8. The first-order chi connectivity index (χ1) is 19.3. The van der Waals surface area contributed by atoms with Crippen LogP contribution in [0.1, 0.15) is 69.9 Å². The molecule has 3 aliphatic heterocycles. The van der Waals surface area contributed by atoms with Crippen molar-refractivity contribution in [3.63, 3.8) is 0 Å². The molecule has 0 radical (unpaired) electrons. The quantitative estimate of drug-likeness (QED) is 0.255. The van der Waals surface area contributed by atoms with Gasteiger partial charge in [0.2, 0.25) is 11.8 Å². The Morgan fingerprint density at radius 2 is 1.90 bits per heavy atom. The predicted octanol–water partition coefficient (Wildman–Crippen LogP) is 3.95. The lowest BCUT2D eigenvalue weighted by molar-refractivity contribution is -0.162. The van der Waals surface area contributed by atoms with Crippen molar-refractivity contribution >= 4 is 17.8 Å². The SMILES string of the molecule is C=CCCOC(=O)[C@@H]1[C@H]2C(=O)N([C@H](CO)c3ccccc3)C(C(=O)N(CC=C)C3CCCCC3)C23CC[C@@]1(C)O3. The fourth-order valence-electron chi connectivity index (χ4n) is 7.81. The number of carbonyl (C=O) groups is 3. The summed E-state index contributed by atoms with van der Waals surface area (Å²) < 4.78 is 12.4. The van der Waals surface area contributed by atoms with E-state index in [-0.39, 0.29) is 31.1 Å². The van der Waals surface area contributed by atoms with Gasteiger partial charge in [-0.1, -0.05) is 61.7 Å². The van der Waals surface area contributed by atoms with Gasteiger partial charge < -0.3 is 24.4 Å². The number of nitrogens with zero attached hydrogens (tertiary/aromatic N) is 2. The molecule has 6 atom stereocenters. The van der Waals surface area contributed by atoms with E-state index in [1.54, 1.807) is 12.2 Å². The van der Waals surface area contributed by atoms with E-state index in [2.05, 4.69) is 13.2 Å². The van der Waals surface area contributed by atoms with Gasteiger partial charge in [0.1, 0.15) is 17.6 Å².